The van der Waals surface area contributed by atoms with Gasteiger partial charge < -0.3 is 21.3 Å². The first-order chi connectivity index (χ1) is 46.7. The second-order valence-corrected chi connectivity index (χ2v) is 29.1. The average molecular weight is 1310 g/mol. The van der Waals surface area contributed by atoms with Crippen molar-refractivity contribution in [3.63, 3.8) is 0 Å². The summed E-state index contributed by atoms with van der Waals surface area (Å²) in [6.07, 6.45) is -0.579. The lowest BCUT2D eigenvalue weighted by atomic mass is 10.0. The number of hydrogen-bond donors (Lipinski definition) is 4. The van der Waals surface area contributed by atoms with Crippen molar-refractivity contribution in [1.29, 1.82) is 0 Å². The minimum atomic E-state index is -2.20. The van der Waals surface area contributed by atoms with Crippen LogP contribution in [0.4, 0.5) is 0 Å². The van der Waals surface area contributed by atoms with Crippen LogP contribution in [0.25, 0.3) is 0 Å². The third-order valence-electron chi connectivity index (χ3n) is 18.5. The molecule has 8 amide bonds. The van der Waals surface area contributed by atoms with Crippen molar-refractivity contribution < 1.29 is 38.4 Å². The lowest BCUT2D eigenvalue weighted by Gasteiger charge is -2.38. The van der Waals surface area contributed by atoms with Crippen LogP contribution in [-0.4, -0.2) is 67.3 Å². The van der Waals surface area contributed by atoms with Gasteiger partial charge in [0.15, 0.2) is 0 Å². The molecule has 0 aromatic heterocycles. The van der Waals surface area contributed by atoms with Crippen LogP contribution in [0.5, 0.6) is 0 Å². The van der Waals surface area contributed by atoms with Crippen LogP contribution in [0.1, 0.15) is 187 Å². The summed E-state index contributed by atoms with van der Waals surface area (Å²) in [6, 6.07) is 72.6. The Kier molecular flexibility index (Phi) is 18.7. The van der Waals surface area contributed by atoms with Gasteiger partial charge in [0.2, 0.25) is 23.6 Å². The molecule has 4 aliphatic rings. The molecule has 0 spiro atoms. The SMILES string of the molecule is CC(NC(=O)c1ccccc1[C@H]1N2C(=O)CCC(=O)N2[C@H](c2ccccc2C(=O)NC(C)c2ccccc2)P1c1ccccc1P1[C@@H](c2ccccc2C(=O)NC(C)c2ccccc2)N2C(=O)CCC(=O)N2[C@@H]1c1ccccc1C(=O)N[C@@H](C)c1ccccc1)c1ccccc1. The van der Waals surface area contributed by atoms with Crippen molar-refractivity contribution in [3.05, 3.63) is 309 Å². The first-order valence-corrected chi connectivity index (χ1v) is 35.4. The maximum absolute atomic E-state index is 15.5. The molecule has 16 nitrogen and oxygen atoms in total. The monoisotopic (exact) mass is 1310 g/mol. The van der Waals surface area contributed by atoms with Gasteiger partial charge in [0.1, 0.15) is 23.1 Å². The summed E-state index contributed by atoms with van der Waals surface area (Å²) < 4.78 is 0. The third kappa shape index (κ3) is 12.4. The van der Waals surface area contributed by atoms with E-state index >= 15 is 38.4 Å². The maximum Gasteiger partial charge on any atom is 0.252 e. The number of fused-ring (bicyclic) bond motifs is 2. The molecule has 4 N–H and O–H groups in total. The number of benzene rings is 9. The molecule has 9 aromatic rings. The van der Waals surface area contributed by atoms with E-state index in [1.165, 1.54) is 20.0 Å². The van der Waals surface area contributed by atoms with Crippen LogP contribution in [0.2, 0.25) is 0 Å². The summed E-state index contributed by atoms with van der Waals surface area (Å²) in [6.45, 7) is 7.58. The van der Waals surface area contributed by atoms with E-state index in [0.717, 1.165) is 22.3 Å². The molecule has 4 saturated heterocycles. The number of nitrogens with one attached hydrogen (secondary N) is 4. The first-order valence-electron chi connectivity index (χ1n) is 32.4. The van der Waals surface area contributed by atoms with Gasteiger partial charge in [-0.2, -0.15) is 0 Å². The first kappa shape index (κ1) is 64.3. The summed E-state index contributed by atoms with van der Waals surface area (Å²) in [5.74, 6) is -7.60. The highest BCUT2D eigenvalue weighted by Gasteiger charge is 2.60. The van der Waals surface area contributed by atoms with Crippen LogP contribution in [-0.2, 0) is 19.2 Å². The Bertz CT molecular complexity index is 3910. The summed E-state index contributed by atoms with van der Waals surface area (Å²) >= 11 is 0. The molecular formula is C78H72N8O8P2. The van der Waals surface area contributed by atoms with E-state index in [0.29, 0.717) is 32.9 Å². The summed E-state index contributed by atoms with van der Waals surface area (Å²) in [5, 5.41) is 20.2. The van der Waals surface area contributed by atoms with Crippen LogP contribution in [0, 0.1) is 0 Å². The minimum absolute atomic E-state index is 0.145. The Morgan fingerprint density at radius 2 is 0.479 bits per heavy atom. The average Bonchev–Trinajstić information content (AvgIpc) is 1.55. The molecular weight excluding hydrogens is 1240 g/mol. The number of carbonyl (C=O) groups is 8. The second-order valence-electron chi connectivity index (χ2n) is 24.5. The van der Waals surface area contributed by atoms with Gasteiger partial charge in [-0.1, -0.05) is 218 Å². The van der Waals surface area contributed by atoms with E-state index in [9.17, 15) is 0 Å². The number of rotatable bonds is 18. The minimum Gasteiger partial charge on any atom is -0.346 e. The van der Waals surface area contributed by atoms with Crippen molar-refractivity contribution in [2.75, 3.05) is 0 Å². The van der Waals surface area contributed by atoms with Crippen molar-refractivity contribution >= 4 is 73.7 Å². The van der Waals surface area contributed by atoms with E-state index in [-0.39, 0.29) is 71.6 Å². The largest absolute Gasteiger partial charge is 0.346 e. The Balaban J connectivity index is 1.07. The van der Waals surface area contributed by atoms with E-state index in [1.54, 1.807) is 48.5 Å². The summed E-state index contributed by atoms with van der Waals surface area (Å²) in [7, 11) is -4.41. The van der Waals surface area contributed by atoms with E-state index in [1.807, 2.05) is 222 Å². The standard InChI is InChI=1S/C78H72N8O8P2/c1-49(53-27-9-5-10-28-53)79-71(91)57-35-17-21-39-61(57)75-83-67(87)45-46-68(88)84(83)76(62-40-22-18-36-58(62)72(92)80-50(2)54-29-11-6-12-30-54)95(75)65-43-25-26-44-66(65)96-77(63-41-23-19-37-59(63)73(93)81-51(3)55-31-13-7-14-32-55)85-69(89)47-48-70(90)86(85)78(96)64-42-24-20-38-60(64)74(94)82-52(4)56-33-15-8-16-34-56/h5-44,49-52,75-78H,45-48H2,1-4H3,(H,79,91)(H,80,92)(H,81,93)(H,82,94)/t49-,50?,51?,52?,75-,76-,77-,78-,95?,96?/m0/s1. The Morgan fingerprint density at radius 3 is 0.698 bits per heavy atom. The van der Waals surface area contributed by atoms with Gasteiger partial charge in [-0.05, 0) is 123 Å². The Hall–Kier alpha value is -10.4. The summed E-state index contributed by atoms with van der Waals surface area (Å²) in [4.78, 5) is 123. The quantitative estimate of drug-likeness (QED) is 0.0609. The Labute approximate surface area is 560 Å². The third-order valence-corrected chi connectivity index (χ3v) is 24.7. The zero-order valence-corrected chi connectivity index (χ0v) is 55.3. The lowest BCUT2D eigenvalue weighted by molar-refractivity contribution is -0.171. The fraction of sp³-hybridized carbons (Fsp3) is 0.205. The van der Waals surface area contributed by atoms with Gasteiger partial charge in [0.25, 0.3) is 23.6 Å². The predicted octanol–water partition coefficient (Wildman–Crippen LogP) is 13.4. The number of amides is 8. The van der Waals surface area contributed by atoms with Crippen LogP contribution < -0.4 is 31.9 Å². The molecule has 4 aliphatic heterocycles. The number of hydrazine groups is 2. The molecule has 96 heavy (non-hydrogen) atoms. The molecule has 18 heteroatoms. The molecule has 4 fully saturated rings. The van der Waals surface area contributed by atoms with E-state index in [4.69, 9.17) is 0 Å². The molecule has 0 saturated carbocycles. The number of nitrogens with zero attached hydrogens (tertiary/aromatic N) is 4. The molecule has 0 radical (unpaired) electrons. The molecule has 4 heterocycles. The maximum atomic E-state index is 15.5. The topological polar surface area (TPSA) is 198 Å². The van der Waals surface area contributed by atoms with Crippen LogP contribution in [0.3, 0.4) is 0 Å². The fourth-order valence-corrected chi connectivity index (χ4v) is 21.3. The van der Waals surface area contributed by atoms with Gasteiger partial charge in [0.05, 0.1) is 24.2 Å². The Morgan fingerprint density at radius 1 is 0.292 bits per heavy atom. The molecule has 0 aliphatic carbocycles. The van der Waals surface area contributed by atoms with E-state index < -0.39 is 86.8 Å². The smallest absolute Gasteiger partial charge is 0.252 e. The molecule has 9 atom stereocenters. The molecule has 13 rings (SSSR count). The molecule has 9 aromatic carbocycles. The van der Waals surface area contributed by atoms with Crippen molar-refractivity contribution in [2.24, 2.45) is 0 Å². The van der Waals surface area contributed by atoms with Gasteiger partial charge >= 0.3 is 0 Å². The van der Waals surface area contributed by atoms with Crippen molar-refractivity contribution in [3.8, 4) is 0 Å². The zero-order chi connectivity index (χ0) is 66.7. The molecule has 482 valence electrons. The highest BCUT2D eigenvalue weighted by atomic mass is 31.1. The second kappa shape index (κ2) is 27.9. The zero-order valence-electron chi connectivity index (χ0n) is 53.5. The van der Waals surface area contributed by atoms with Gasteiger partial charge in [-0.15, -0.1) is 0 Å². The van der Waals surface area contributed by atoms with Gasteiger partial charge in [-0.3, -0.25) is 38.4 Å². The molecule has 0 bridgehead atoms. The van der Waals surface area contributed by atoms with Crippen molar-refractivity contribution in [1.82, 2.24) is 41.3 Å². The normalized spacial score (nSPS) is 20.3. The summed E-state index contributed by atoms with van der Waals surface area (Å²) in [5.41, 5.74) is 6.21. The highest BCUT2D eigenvalue weighted by molar-refractivity contribution is 7.73. The molecule has 4 unspecified atom stereocenters. The lowest BCUT2D eigenvalue weighted by Crippen LogP contribution is -2.50. The fourth-order valence-electron chi connectivity index (χ4n) is 13.8. The van der Waals surface area contributed by atoms with Gasteiger partial charge in [-0.25, -0.2) is 20.0 Å². The van der Waals surface area contributed by atoms with Gasteiger partial charge in [0, 0.05) is 47.9 Å². The van der Waals surface area contributed by atoms with Crippen LogP contribution >= 0.6 is 15.8 Å². The van der Waals surface area contributed by atoms with E-state index in [2.05, 4.69) is 21.3 Å². The highest BCUT2D eigenvalue weighted by Crippen LogP contribution is 2.74. The van der Waals surface area contributed by atoms with Crippen LogP contribution in [0.15, 0.2) is 243 Å². The van der Waals surface area contributed by atoms with Crippen molar-refractivity contribution in [2.45, 2.75) is 101 Å². The number of carbonyl (C=O) groups excluding carboxylic acids is 8. The predicted molar refractivity (Wildman–Crippen MR) is 371 cm³/mol. The number of hydrogen-bond acceptors (Lipinski definition) is 8.